The number of rotatable bonds is 5. The largest absolute Gasteiger partial charge is 0.397 e. The van der Waals surface area contributed by atoms with E-state index in [1.54, 1.807) is 60.7 Å². The average Bonchev–Trinajstić information content (AvgIpc) is 2.78. The lowest BCUT2D eigenvalue weighted by Crippen LogP contribution is -2.23. The molecule has 0 aliphatic carbocycles. The van der Waals surface area contributed by atoms with Crippen LogP contribution in [0.3, 0.4) is 0 Å². The molecule has 6 nitrogen and oxygen atoms in total. The van der Waals surface area contributed by atoms with Crippen LogP contribution in [0.15, 0.2) is 89.7 Å². The maximum absolute atomic E-state index is 12.5. The number of nitrogens with two attached hydrogens (primary N) is 1. The third-order valence-corrected chi connectivity index (χ3v) is 5.10. The van der Waals surface area contributed by atoms with Gasteiger partial charge in [0, 0.05) is 17.2 Å². The van der Waals surface area contributed by atoms with E-state index >= 15 is 0 Å². The Balaban J connectivity index is 1.52. The summed E-state index contributed by atoms with van der Waals surface area (Å²) in [6.07, 6.45) is 0. The van der Waals surface area contributed by atoms with Gasteiger partial charge in [-0.15, -0.1) is 0 Å². The summed E-state index contributed by atoms with van der Waals surface area (Å²) in [6, 6.07) is 24.5. The highest BCUT2D eigenvalue weighted by atomic mass is 35.5. The molecule has 1 amide bonds. The van der Waals surface area contributed by atoms with Crippen LogP contribution in [-0.4, -0.2) is 15.7 Å². The van der Waals surface area contributed by atoms with E-state index in [0.717, 1.165) is 11.1 Å². The van der Waals surface area contributed by atoms with E-state index in [4.69, 9.17) is 17.3 Å². The van der Waals surface area contributed by atoms with E-state index in [1.165, 1.54) is 10.7 Å². The molecule has 0 aliphatic rings. The van der Waals surface area contributed by atoms with Crippen molar-refractivity contribution in [3.8, 4) is 11.3 Å². The van der Waals surface area contributed by atoms with Crippen LogP contribution in [0.4, 0.5) is 11.4 Å². The minimum Gasteiger partial charge on any atom is -0.397 e. The van der Waals surface area contributed by atoms with Crippen molar-refractivity contribution in [2.24, 2.45) is 0 Å². The predicted octanol–water partition coefficient (Wildman–Crippen LogP) is 4.45. The highest BCUT2D eigenvalue weighted by molar-refractivity contribution is 6.33. The molecule has 0 radical (unpaired) electrons. The fraction of sp³-hybridized carbons (Fsp3) is 0.0417. The SMILES string of the molecule is Nc1ccccc1NC(=O)c1ccc(Cn2nc(-c3ccccc3Cl)ccc2=O)cc1. The minimum absolute atomic E-state index is 0.225. The number of para-hydroxylation sites is 2. The Hall–Kier alpha value is -3.90. The van der Waals surface area contributed by atoms with Crippen molar-refractivity contribution in [2.75, 3.05) is 11.1 Å². The number of hydrogen-bond acceptors (Lipinski definition) is 4. The fourth-order valence-corrected chi connectivity index (χ4v) is 3.35. The molecule has 0 aliphatic heterocycles. The van der Waals surface area contributed by atoms with E-state index in [1.807, 2.05) is 18.2 Å². The third-order valence-electron chi connectivity index (χ3n) is 4.77. The van der Waals surface area contributed by atoms with Crippen LogP contribution in [0.2, 0.25) is 5.02 Å². The van der Waals surface area contributed by atoms with Crippen LogP contribution in [-0.2, 0) is 6.54 Å². The van der Waals surface area contributed by atoms with Crippen LogP contribution in [0.1, 0.15) is 15.9 Å². The molecule has 31 heavy (non-hydrogen) atoms. The second kappa shape index (κ2) is 8.85. The Morgan fingerprint density at radius 2 is 1.65 bits per heavy atom. The second-order valence-corrected chi connectivity index (χ2v) is 7.34. The number of nitrogens with zero attached hydrogens (tertiary/aromatic N) is 2. The smallest absolute Gasteiger partial charge is 0.267 e. The summed E-state index contributed by atoms with van der Waals surface area (Å²) in [5.74, 6) is -0.263. The van der Waals surface area contributed by atoms with E-state index in [2.05, 4.69) is 10.4 Å². The molecule has 1 aromatic heterocycles. The monoisotopic (exact) mass is 430 g/mol. The number of amides is 1. The second-order valence-electron chi connectivity index (χ2n) is 6.93. The molecule has 3 N–H and O–H groups in total. The van der Waals surface area contributed by atoms with Crippen LogP contribution < -0.4 is 16.6 Å². The number of anilines is 2. The molecule has 4 rings (SSSR count). The molecular weight excluding hydrogens is 412 g/mol. The van der Waals surface area contributed by atoms with Gasteiger partial charge in [0.05, 0.1) is 28.6 Å². The summed E-state index contributed by atoms with van der Waals surface area (Å²) in [5.41, 5.74) is 9.39. The van der Waals surface area contributed by atoms with Crippen LogP contribution in [0.5, 0.6) is 0 Å². The van der Waals surface area contributed by atoms with Crippen molar-refractivity contribution in [2.45, 2.75) is 6.54 Å². The first-order chi connectivity index (χ1) is 15.0. The number of nitrogens with one attached hydrogen (secondary N) is 1. The number of carbonyl (C=O) groups is 1. The summed E-state index contributed by atoms with van der Waals surface area (Å²) in [7, 11) is 0. The number of halogens is 1. The normalized spacial score (nSPS) is 10.6. The molecule has 1 heterocycles. The number of carbonyl (C=O) groups excluding carboxylic acids is 1. The quantitative estimate of drug-likeness (QED) is 0.458. The van der Waals surface area contributed by atoms with Crippen molar-refractivity contribution in [3.63, 3.8) is 0 Å². The zero-order valence-electron chi connectivity index (χ0n) is 16.5. The first-order valence-electron chi connectivity index (χ1n) is 9.59. The molecule has 0 bridgehead atoms. The molecule has 154 valence electrons. The van der Waals surface area contributed by atoms with Crippen molar-refractivity contribution in [1.82, 2.24) is 9.78 Å². The van der Waals surface area contributed by atoms with Crippen molar-refractivity contribution in [1.29, 1.82) is 0 Å². The van der Waals surface area contributed by atoms with Crippen molar-refractivity contribution < 1.29 is 4.79 Å². The average molecular weight is 431 g/mol. The van der Waals surface area contributed by atoms with Crippen LogP contribution in [0, 0.1) is 0 Å². The van der Waals surface area contributed by atoms with Crippen molar-refractivity contribution in [3.05, 3.63) is 111 Å². The first-order valence-corrected chi connectivity index (χ1v) is 9.97. The van der Waals surface area contributed by atoms with Crippen molar-refractivity contribution >= 4 is 28.9 Å². The maximum atomic E-state index is 12.5. The molecule has 0 fully saturated rings. The van der Waals surface area contributed by atoms with Gasteiger partial charge in [-0.3, -0.25) is 9.59 Å². The van der Waals surface area contributed by atoms with E-state index in [9.17, 15) is 9.59 Å². The molecule has 0 unspecified atom stereocenters. The highest BCUT2D eigenvalue weighted by Gasteiger charge is 2.10. The zero-order chi connectivity index (χ0) is 21.8. The number of nitrogen functional groups attached to an aromatic ring is 1. The van der Waals surface area contributed by atoms with Gasteiger partial charge in [0.2, 0.25) is 0 Å². The van der Waals surface area contributed by atoms with Gasteiger partial charge in [-0.2, -0.15) is 5.10 Å². The van der Waals surface area contributed by atoms with Gasteiger partial charge in [-0.25, -0.2) is 4.68 Å². The minimum atomic E-state index is -0.263. The molecular formula is C24H19ClN4O2. The molecule has 0 saturated heterocycles. The molecule has 7 heteroatoms. The Morgan fingerprint density at radius 1 is 0.935 bits per heavy atom. The lowest BCUT2D eigenvalue weighted by Gasteiger charge is -2.10. The molecule has 3 aromatic carbocycles. The lowest BCUT2D eigenvalue weighted by molar-refractivity contribution is 0.102. The summed E-state index contributed by atoms with van der Waals surface area (Å²) < 4.78 is 1.37. The van der Waals surface area contributed by atoms with E-state index in [0.29, 0.717) is 27.7 Å². The molecule has 0 saturated carbocycles. The van der Waals surface area contributed by atoms with Gasteiger partial charge in [0.15, 0.2) is 0 Å². The summed E-state index contributed by atoms with van der Waals surface area (Å²) in [5, 5.41) is 7.80. The molecule has 4 aromatic rings. The lowest BCUT2D eigenvalue weighted by atomic mass is 10.1. The Labute approximate surface area is 183 Å². The standard InChI is InChI=1S/C24H19ClN4O2/c25-19-6-2-1-5-18(19)21-13-14-23(30)29(28-21)15-16-9-11-17(12-10-16)24(31)27-22-8-4-3-7-20(22)26/h1-14H,15,26H2,(H,27,31). The summed E-state index contributed by atoms with van der Waals surface area (Å²) in [4.78, 5) is 24.8. The Bertz CT molecular complexity index is 1300. The summed E-state index contributed by atoms with van der Waals surface area (Å²) >= 11 is 6.25. The maximum Gasteiger partial charge on any atom is 0.267 e. The van der Waals surface area contributed by atoms with Gasteiger partial charge >= 0.3 is 0 Å². The van der Waals surface area contributed by atoms with Crippen LogP contribution >= 0.6 is 11.6 Å². The first kappa shape index (κ1) is 20.4. The van der Waals surface area contributed by atoms with E-state index < -0.39 is 0 Å². The fourth-order valence-electron chi connectivity index (χ4n) is 3.11. The Kier molecular flexibility index (Phi) is 5.82. The topological polar surface area (TPSA) is 90.0 Å². The van der Waals surface area contributed by atoms with Gasteiger partial charge in [-0.05, 0) is 42.0 Å². The summed E-state index contributed by atoms with van der Waals surface area (Å²) in [6.45, 7) is 0.269. The molecule has 0 atom stereocenters. The molecule has 0 spiro atoms. The number of aromatic nitrogens is 2. The highest BCUT2D eigenvalue weighted by Crippen LogP contribution is 2.25. The predicted molar refractivity (Wildman–Crippen MR) is 123 cm³/mol. The van der Waals surface area contributed by atoms with Gasteiger partial charge in [-0.1, -0.05) is 54.1 Å². The van der Waals surface area contributed by atoms with Gasteiger partial charge in [0.1, 0.15) is 0 Å². The van der Waals surface area contributed by atoms with Crippen LogP contribution in [0.25, 0.3) is 11.3 Å². The van der Waals surface area contributed by atoms with E-state index in [-0.39, 0.29) is 18.0 Å². The number of hydrogen-bond donors (Lipinski definition) is 2. The third kappa shape index (κ3) is 4.65. The number of benzene rings is 3. The van der Waals surface area contributed by atoms with Gasteiger partial charge in [0.25, 0.3) is 11.5 Å². The zero-order valence-corrected chi connectivity index (χ0v) is 17.2. The Morgan fingerprint density at radius 3 is 2.39 bits per heavy atom. The van der Waals surface area contributed by atoms with Gasteiger partial charge < -0.3 is 11.1 Å².